The molecule has 7 atom stereocenters. The highest BCUT2D eigenvalue weighted by Gasteiger charge is 2.59. The number of aliphatic carboxylic acids is 2. The number of rotatable bonds is 11. The van der Waals surface area contributed by atoms with E-state index in [4.69, 9.17) is 23.2 Å². The van der Waals surface area contributed by atoms with Crippen LogP contribution in [0.3, 0.4) is 0 Å². The van der Waals surface area contributed by atoms with Crippen molar-refractivity contribution < 1.29 is 65.3 Å². The van der Waals surface area contributed by atoms with Crippen molar-refractivity contribution in [3.05, 3.63) is 69.2 Å². The van der Waals surface area contributed by atoms with Crippen LogP contribution < -0.4 is 10.6 Å². The lowest BCUT2D eigenvalue weighted by Gasteiger charge is -2.46. The van der Waals surface area contributed by atoms with Crippen LogP contribution >= 0.6 is 23.2 Å². The Morgan fingerprint density at radius 3 is 1.72 bits per heavy atom. The number of urea groups is 2. The van der Waals surface area contributed by atoms with Crippen molar-refractivity contribution in [1.82, 2.24) is 20.4 Å². The number of alkyl halides is 6. The number of likely N-dealkylation sites (tertiary alicyclic amines) is 2. The summed E-state index contributed by atoms with van der Waals surface area (Å²) >= 11 is 12.5. The second kappa shape index (κ2) is 18.0. The van der Waals surface area contributed by atoms with E-state index >= 15 is 0 Å². The van der Waals surface area contributed by atoms with Crippen LogP contribution in [0.2, 0.25) is 10.0 Å². The van der Waals surface area contributed by atoms with Crippen LogP contribution in [0, 0.1) is 23.7 Å². The van der Waals surface area contributed by atoms with Crippen LogP contribution in [0.1, 0.15) is 93.2 Å². The lowest BCUT2D eigenvalue weighted by Crippen LogP contribution is -2.70. The summed E-state index contributed by atoms with van der Waals surface area (Å²) in [7, 11) is 0. The molecule has 4 N–H and O–H groups in total. The molecule has 2 aromatic carbocycles. The van der Waals surface area contributed by atoms with Gasteiger partial charge in [0.2, 0.25) is 11.8 Å². The Hall–Kier alpha value is -4.58. The van der Waals surface area contributed by atoms with E-state index in [-0.39, 0.29) is 55.9 Å². The van der Waals surface area contributed by atoms with Crippen molar-refractivity contribution in [3.8, 4) is 0 Å². The minimum atomic E-state index is -4.94. The molecule has 6 rings (SSSR count). The minimum absolute atomic E-state index is 0.0227. The van der Waals surface area contributed by atoms with Crippen LogP contribution in [0.15, 0.2) is 42.5 Å². The molecule has 61 heavy (non-hydrogen) atoms. The molecular formula is C41H44Cl2F6N4O8. The average molecular weight is 906 g/mol. The molecule has 12 nitrogen and oxygen atoms in total. The maximum Gasteiger partial charge on any atom is 0.408 e. The summed E-state index contributed by atoms with van der Waals surface area (Å²) in [6, 6.07) is -0.0889. The van der Waals surface area contributed by atoms with Crippen molar-refractivity contribution >= 4 is 59.0 Å². The standard InChI is InChI=1S/C41H44Cl2F6N4O8/c1-19(29-31(37(58)59)53(35(29)55)39(61)50-32(40(44,45)46)22-5-3-2-4-6-22)26-16-13-24(18-28(26)43)21-9-11-23(12-10-21)33(41(47,48)49)51-38(60)52-30(36(56)57)27(34(52)54)17-20-7-14-25(42)15-8-20/h7-8,13-16,18-19,21-23,27,29-33H,2-6,9-12,17H2,1H3,(H,50,61)(H,51,60)(H,56,57)(H,58,59)/t19-,21?,23?,27-,29-,30+,31+,32+,33+/m1/s1. The predicted molar refractivity (Wildman–Crippen MR) is 207 cm³/mol. The Balaban J connectivity index is 1.08. The van der Waals surface area contributed by atoms with E-state index in [2.05, 4.69) is 0 Å². The maximum absolute atomic E-state index is 14.5. The van der Waals surface area contributed by atoms with Crippen molar-refractivity contribution in [2.75, 3.05) is 0 Å². The molecule has 0 spiro atoms. The number of amides is 6. The zero-order valence-corrected chi connectivity index (χ0v) is 34.2. The van der Waals surface area contributed by atoms with E-state index < -0.39 is 102 Å². The number of carbonyl (C=O) groups excluding carboxylic acids is 4. The van der Waals surface area contributed by atoms with Crippen LogP contribution in [-0.2, 0) is 25.6 Å². The number of carboxylic acid groups (broad SMARTS) is 2. The molecular weight excluding hydrogens is 861 g/mol. The van der Waals surface area contributed by atoms with Gasteiger partial charge >= 0.3 is 36.4 Å². The van der Waals surface area contributed by atoms with Gasteiger partial charge in [-0.3, -0.25) is 9.59 Å². The predicted octanol–water partition coefficient (Wildman–Crippen LogP) is 8.30. The Morgan fingerprint density at radius 2 is 1.23 bits per heavy atom. The summed E-state index contributed by atoms with van der Waals surface area (Å²) in [5, 5.41) is 24.1. The van der Waals surface area contributed by atoms with Gasteiger partial charge in [0.05, 0.1) is 11.8 Å². The summed E-state index contributed by atoms with van der Waals surface area (Å²) in [5.41, 5.74) is 1.50. The second-order valence-corrected chi connectivity index (χ2v) is 17.3. The molecule has 0 bridgehead atoms. The van der Waals surface area contributed by atoms with Crippen molar-refractivity contribution in [3.63, 3.8) is 0 Å². The fourth-order valence-electron chi connectivity index (χ4n) is 9.57. The van der Waals surface area contributed by atoms with Crippen molar-refractivity contribution in [1.29, 1.82) is 0 Å². The van der Waals surface area contributed by atoms with Crippen molar-refractivity contribution in [2.24, 2.45) is 23.7 Å². The molecule has 2 aliphatic heterocycles. The molecule has 6 amide bonds. The first kappa shape index (κ1) is 45.9. The number of β-lactam (4-membered cyclic amide) rings is 2. The molecule has 2 heterocycles. The van der Waals surface area contributed by atoms with Gasteiger partial charge in [-0.1, -0.05) is 73.7 Å². The first-order valence-corrected chi connectivity index (χ1v) is 20.8. The van der Waals surface area contributed by atoms with E-state index in [0.29, 0.717) is 44.4 Å². The fraction of sp³-hybridized carbons (Fsp3) is 0.561. The number of nitrogens with zero attached hydrogens (tertiary/aromatic N) is 2. The highest BCUT2D eigenvalue weighted by atomic mass is 35.5. The van der Waals surface area contributed by atoms with Crippen LogP contribution in [-0.4, -0.2) is 92.3 Å². The normalized spacial score (nSPS) is 26.4. The van der Waals surface area contributed by atoms with Crippen LogP contribution in [0.5, 0.6) is 0 Å². The summed E-state index contributed by atoms with van der Waals surface area (Å²) in [5.74, 6) is -10.8. The van der Waals surface area contributed by atoms with E-state index in [9.17, 15) is 65.3 Å². The van der Waals surface area contributed by atoms with E-state index in [1.165, 1.54) is 25.1 Å². The van der Waals surface area contributed by atoms with E-state index in [1.54, 1.807) is 24.3 Å². The van der Waals surface area contributed by atoms with Gasteiger partial charge in [-0.05, 0) is 104 Å². The van der Waals surface area contributed by atoms with E-state index in [0.717, 1.165) is 6.42 Å². The van der Waals surface area contributed by atoms with Crippen LogP contribution in [0.4, 0.5) is 35.9 Å². The smallest absolute Gasteiger partial charge is 0.408 e. The molecule has 2 aromatic rings. The minimum Gasteiger partial charge on any atom is -0.480 e. The van der Waals surface area contributed by atoms with E-state index in [1.807, 2.05) is 10.6 Å². The Morgan fingerprint density at radius 1 is 0.721 bits per heavy atom. The average Bonchev–Trinajstić information content (AvgIpc) is 3.18. The number of nitrogens with one attached hydrogen (secondary N) is 2. The number of halogens is 8. The number of carboxylic acids is 2. The lowest BCUT2D eigenvalue weighted by molar-refractivity contribution is -0.173. The number of imide groups is 2. The molecule has 4 aliphatic rings. The van der Waals surface area contributed by atoms with Gasteiger partial charge in [-0.25, -0.2) is 29.0 Å². The van der Waals surface area contributed by atoms with Gasteiger partial charge in [0.1, 0.15) is 12.1 Å². The molecule has 2 saturated heterocycles. The topological polar surface area (TPSA) is 173 Å². The third kappa shape index (κ3) is 9.59. The van der Waals surface area contributed by atoms with Gasteiger partial charge in [0, 0.05) is 10.0 Å². The molecule has 332 valence electrons. The molecule has 0 aromatic heterocycles. The molecule has 20 heteroatoms. The Labute approximate surface area is 356 Å². The monoisotopic (exact) mass is 904 g/mol. The second-order valence-electron chi connectivity index (χ2n) is 16.5. The number of carbonyl (C=O) groups is 6. The van der Waals surface area contributed by atoms with Crippen LogP contribution in [0.25, 0.3) is 0 Å². The summed E-state index contributed by atoms with van der Waals surface area (Å²) in [4.78, 5) is 77.5. The summed E-state index contributed by atoms with van der Waals surface area (Å²) in [6.45, 7) is 1.50. The number of hydrogen-bond acceptors (Lipinski definition) is 6. The highest BCUT2D eigenvalue weighted by molar-refractivity contribution is 6.31. The van der Waals surface area contributed by atoms with Gasteiger partial charge < -0.3 is 20.8 Å². The zero-order valence-electron chi connectivity index (χ0n) is 32.6. The third-order valence-corrected chi connectivity index (χ3v) is 13.4. The largest absolute Gasteiger partial charge is 0.480 e. The maximum atomic E-state index is 14.5. The van der Waals surface area contributed by atoms with Gasteiger partial charge in [-0.15, -0.1) is 0 Å². The molecule has 0 radical (unpaired) electrons. The number of benzene rings is 2. The lowest BCUT2D eigenvalue weighted by atomic mass is 9.73. The fourth-order valence-corrected chi connectivity index (χ4v) is 10.1. The number of hydrogen-bond donors (Lipinski definition) is 4. The SMILES string of the molecule is C[C@H](c1ccc(C2CCC([C@H](NC(=O)N3C(=O)[C@H](Cc4ccc(Cl)cc4)[C@H]3C(=O)O)C(F)(F)F)CC2)cc1Cl)[C@H]1C(=O)N(C(=O)N[C@@H](C2CCCCC2)C(F)(F)F)[C@@H]1C(=O)O. The molecule has 0 unspecified atom stereocenters. The van der Waals surface area contributed by atoms with Gasteiger partial charge in [0.15, 0.2) is 12.1 Å². The van der Waals surface area contributed by atoms with Crippen molar-refractivity contribution in [2.45, 2.75) is 119 Å². The summed E-state index contributed by atoms with van der Waals surface area (Å²) in [6.07, 6.45) is -7.17. The molecule has 2 aliphatic carbocycles. The quantitative estimate of drug-likeness (QED) is 0.129. The summed E-state index contributed by atoms with van der Waals surface area (Å²) < 4.78 is 85.4. The first-order valence-electron chi connectivity index (χ1n) is 20.0. The first-order chi connectivity index (χ1) is 28.6. The Bertz CT molecular complexity index is 2020. The van der Waals surface area contributed by atoms with Gasteiger partial charge in [0.25, 0.3) is 0 Å². The molecule has 4 fully saturated rings. The molecule has 2 saturated carbocycles. The van der Waals surface area contributed by atoms with Gasteiger partial charge in [-0.2, -0.15) is 26.3 Å². The Kier molecular flexibility index (Phi) is 13.6. The third-order valence-electron chi connectivity index (χ3n) is 12.8. The highest BCUT2D eigenvalue weighted by Crippen LogP contribution is 2.45. The zero-order chi connectivity index (χ0) is 44.7.